The van der Waals surface area contributed by atoms with Gasteiger partial charge in [-0.15, -0.1) is 0 Å². The van der Waals surface area contributed by atoms with E-state index < -0.39 is 10.8 Å². The van der Waals surface area contributed by atoms with E-state index >= 15 is 0 Å². The maximum Gasteiger partial charge on any atom is 0.236 e. The van der Waals surface area contributed by atoms with Gasteiger partial charge < -0.3 is 11.1 Å². The number of nitrogens with one attached hydrogen (secondary N) is 1. The van der Waals surface area contributed by atoms with Gasteiger partial charge in [-0.05, 0) is 31.0 Å². The van der Waals surface area contributed by atoms with Gasteiger partial charge in [0.25, 0.3) is 0 Å². The smallest absolute Gasteiger partial charge is 0.236 e. The highest BCUT2D eigenvalue weighted by Crippen LogP contribution is 2.12. The van der Waals surface area contributed by atoms with Crippen molar-refractivity contribution in [2.75, 3.05) is 23.4 Å². The average Bonchev–Trinajstić information content (AvgIpc) is 2.31. The zero-order chi connectivity index (χ0) is 13.5. The summed E-state index contributed by atoms with van der Waals surface area (Å²) in [6.45, 7) is 4.34. The highest BCUT2D eigenvalue weighted by molar-refractivity contribution is 7.85. The van der Waals surface area contributed by atoms with Crippen molar-refractivity contribution in [2.24, 2.45) is 11.7 Å². The summed E-state index contributed by atoms with van der Waals surface area (Å²) in [5, 5.41) is 2.77. The summed E-state index contributed by atoms with van der Waals surface area (Å²) in [5.74, 6) is 0.458. The predicted octanol–water partition coefficient (Wildman–Crippen LogP) is 1.28. The third-order valence-corrected chi connectivity index (χ3v) is 4.11. The second-order valence-corrected chi connectivity index (χ2v) is 5.96. The van der Waals surface area contributed by atoms with E-state index in [2.05, 4.69) is 5.32 Å². The molecule has 1 aromatic carbocycles. The first-order valence-corrected chi connectivity index (χ1v) is 7.42. The molecule has 0 aliphatic rings. The van der Waals surface area contributed by atoms with Crippen molar-refractivity contribution in [3.8, 4) is 0 Å². The Morgan fingerprint density at radius 2 is 2.11 bits per heavy atom. The van der Waals surface area contributed by atoms with E-state index in [1.165, 1.54) is 0 Å². The fraction of sp³-hybridized carbons (Fsp3) is 0.462. The largest absolute Gasteiger partial charge is 0.330 e. The van der Waals surface area contributed by atoms with Crippen molar-refractivity contribution in [3.05, 3.63) is 29.8 Å². The quantitative estimate of drug-likeness (QED) is 0.816. The molecule has 0 saturated heterocycles. The van der Waals surface area contributed by atoms with Crippen LogP contribution in [0.15, 0.2) is 24.3 Å². The van der Waals surface area contributed by atoms with E-state index in [1.54, 1.807) is 0 Å². The van der Waals surface area contributed by atoms with Gasteiger partial charge in [-0.25, -0.2) is 0 Å². The molecule has 0 spiro atoms. The minimum absolute atomic E-state index is 0.0265. The lowest BCUT2D eigenvalue weighted by Crippen LogP contribution is -2.25. The fourth-order valence-corrected chi connectivity index (χ4v) is 2.74. The molecule has 4 nitrogen and oxygen atoms in total. The Morgan fingerprint density at radius 3 is 2.72 bits per heavy atom. The number of amides is 1. The molecule has 5 heteroatoms. The van der Waals surface area contributed by atoms with Crippen LogP contribution < -0.4 is 11.1 Å². The zero-order valence-electron chi connectivity index (χ0n) is 10.8. The third-order valence-electron chi connectivity index (χ3n) is 2.58. The van der Waals surface area contributed by atoms with Crippen LogP contribution in [0.5, 0.6) is 0 Å². The van der Waals surface area contributed by atoms with Crippen molar-refractivity contribution < 1.29 is 9.00 Å². The Bertz CT molecular complexity index is 435. The molecule has 0 bridgehead atoms. The Labute approximate surface area is 110 Å². The Hall–Kier alpha value is -1.20. The lowest BCUT2D eigenvalue weighted by Gasteiger charge is -2.10. The zero-order valence-corrected chi connectivity index (χ0v) is 11.6. The molecule has 0 aliphatic carbocycles. The van der Waals surface area contributed by atoms with E-state index in [9.17, 15) is 9.00 Å². The van der Waals surface area contributed by atoms with Crippen molar-refractivity contribution in [1.82, 2.24) is 0 Å². The van der Waals surface area contributed by atoms with Gasteiger partial charge in [-0.3, -0.25) is 9.00 Å². The molecule has 0 fully saturated rings. The van der Waals surface area contributed by atoms with Crippen LogP contribution in [-0.4, -0.2) is 28.2 Å². The molecular formula is C13H20N2O2S. The topological polar surface area (TPSA) is 72.2 Å². The van der Waals surface area contributed by atoms with Gasteiger partial charge in [0.15, 0.2) is 0 Å². The van der Waals surface area contributed by atoms with Gasteiger partial charge in [-0.1, -0.05) is 25.1 Å². The van der Waals surface area contributed by atoms with Gasteiger partial charge in [0.05, 0.1) is 0 Å². The number of para-hydroxylation sites is 1. The van der Waals surface area contributed by atoms with Crippen LogP contribution in [0.25, 0.3) is 0 Å². The predicted molar refractivity (Wildman–Crippen MR) is 75.9 cm³/mol. The van der Waals surface area contributed by atoms with Gasteiger partial charge in [-0.2, -0.15) is 0 Å². The average molecular weight is 268 g/mol. The van der Waals surface area contributed by atoms with E-state index in [0.29, 0.717) is 12.3 Å². The van der Waals surface area contributed by atoms with Crippen molar-refractivity contribution in [3.63, 3.8) is 0 Å². The molecule has 1 aromatic rings. The van der Waals surface area contributed by atoms with Crippen LogP contribution in [0.1, 0.15) is 12.5 Å². The molecule has 2 unspecified atom stereocenters. The maximum atomic E-state index is 11.7. The van der Waals surface area contributed by atoms with Gasteiger partial charge in [0.1, 0.15) is 5.75 Å². The second kappa shape index (κ2) is 7.28. The normalized spacial score (nSPS) is 13.9. The summed E-state index contributed by atoms with van der Waals surface area (Å²) < 4.78 is 11.7. The third kappa shape index (κ3) is 4.98. The molecule has 3 N–H and O–H groups in total. The Morgan fingerprint density at radius 1 is 1.44 bits per heavy atom. The summed E-state index contributed by atoms with van der Waals surface area (Å²) >= 11 is 0. The van der Waals surface area contributed by atoms with E-state index in [1.807, 2.05) is 38.1 Å². The number of benzene rings is 1. The minimum atomic E-state index is -1.15. The fourth-order valence-electron chi connectivity index (χ4n) is 1.49. The van der Waals surface area contributed by atoms with Crippen LogP contribution >= 0.6 is 0 Å². The number of aryl methyl sites for hydroxylation is 1. The molecular weight excluding hydrogens is 248 g/mol. The first-order chi connectivity index (χ1) is 8.52. The van der Waals surface area contributed by atoms with Crippen molar-refractivity contribution in [1.29, 1.82) is 0 Å². The maximum absolute atomic E-state index is 11.7. The van der Waals surface area contributed by atoms with E-state index in [-0.39, 0.29) is 17.6 Å². The lowest BCUT2D eigenvalue weighted by molar-refractivity contribution is -0.113. The second-order valence-electron chi connectivity index (χ2n) is 4.45. The number of nitrogens with two attached hydrogens (primary N) is 1. The molecule has 18 heavy (non-hydrogen) atoms. The molecule has 100 valence electrons. The highest BCUT2D eigenvalue weighted by atomic mass is 32.2. The van der Waals surface area contributed by atoms with Crippen molar-refractivity contribution >= 4 is 22.4 Å². The summed E-state index contributed by atoms with van der Waals surface area (Å²) in [6.07, 6.45) is 0. The molecule has 1 rings (SSSR count). The number of anilines is 1. The van der Waals surface area contributed by atoms with Gasteiger partial charge in [0, 0.05) is 22.2 Å². The summed E-state index contributed by atoms with van der Waals surface area (Å²) in [7, 11) is -1.15. The summed E-state index contributed by atoms with van der Waals surface area (Å²) in [4.78, 5) is 11.7. The summed E-state index contributed by atoms with van der Waals surface area (Å²) in [5.41, 5.74) is 7.22. The van der Waals surface area contributed by atoms with E-state index in [4.69, 9.17) is 5.73 Å². The molecule has 0 saturated carbocycles. The molecule has 0 aromatic heterocycles. The lowest BCUT2D eigenvalue weighted by atomic mass is 10.2. The molecule has 0 radical (unpaired) electrons. The van der Waals surface area contributed by atoms with Crippen LogP contribution in [0.4, 0.5) is 5.69 Å². The first kappa shape index (κ1) is 14.9. The Balaban J connectivity index is 2.47. The SMILES string of the molecule is Cc1ccccc1NC(=O)CS(=O)CC(C)CN. The molecule has 0 aliphatic heterocycles. The number of hydrogen-bond donors (Lipinski definition) is 2. The minimum Gasteiger partial charge on any atom is -0.330 e. The van der Waals surface area contributed by atoms with Crippen LogP contribution in [0.3, 0.4) is 0 Å². The van der Waals surface area contributed by atoms with Gasteiger partial charge in [0.2, 0.25) is 5.91 Å². The standard InChI is InChI=1S/C13H20N2O2S/c1-10(7-14)8-18(17)9-13(16)15-12-6-4-3-5-11(12)2/h3-6,10H,7-9,14H2,1-2H3,(H,15,16). The summed E-state index contributed by atoms with van der Waals surface area (Å²) in [6, 6.07) is 7.52. The molecule has 2 atom stereocenters. The van der Waals surface area contributed by atoms with Gasteiger partial charge >= 0.3 is 0 Å². The highest BCUT2D eigenvalue weighted by Gasteiger charge is 2.11. The number of carbonyl (C=O) groups is 1. The molecule has 0 heterocycles. The Kier molecular flexibility index (Phi) is 6.01. The monoisotopic (exact) mass is 268 g/mol. The van der Waals surface area contributed by atoms with E-state index in [0.717, 1.165) is 11.3 Å². The number of carbonyl (C=O) groups excluding carboxylic acids is 1. The first-order valence-electron chi connectivity index (χ1n) is 5.93. The van der Waals surface area contributed by atoms with Crippen molar-refractivity contribution in [2.45, 2.75) is 13.8 Å². The number of rotatable bonds is 6. The van der Waals surface area contributed by atoms with Crippen LogP contribution in [0, 0.1) is 12.8 Å². The van der Waals surface area contributed by atoms with Crippen LogP contribution in [0.2, 0.25) is 0 Å². The number of hydrogen-bond acceptors (Lipinski definition) is 3. The molecule has 1 amide bonds. The van der Waals surface area contributed by atoms with Crippen LogP contribution in [-0.2, 0) is 15.6 Å².